The zero-order chi connectivity index (χ0) is 53.6. The second kappa shape index (κ2) is 28.4. The summed E-state index contributed by atoms with van der Waals surface area (Å²) in [5.74, 6) is -8.77. The highest BCUT2D eigenvalue weighted by atomic mass is 16.8. The van der Waals surface area contributed by atoms with Gasteiger partial charge < -0.3 is 122 Å². The molecule has 21 atom stereocenters. The van der Waals surface area contributed by atoms with Crippen molar-refractivity contribution >= 4 is 23.9 Å². The molecule has 29 nitrogen and oxygen atoms in total. The highest BCUT2D eigenvalue weighted by molar-refractivity contribution is 5.74. The van der Waals surface area contributed by atoms with E-state index in [-0.39, 0.29) is 19.0 Å². The Morgan fingerprint density at radius 1 is 0.722 bits per heavy atom. The summed E-state index contributed by atoms with van der Waals surface area (Å²) in [5.41, 5.74) is 6.51. The van der Waals surface area contributed by atoms with Gasteiger partial charge in [-0.25, -0.2) is 0 Å². The van der Waals surface area contributed by atoms with Gasteiger partial charge in [0.15, 0.2) is 37.0 Å². The van der Waals surface area contributed by atoms with Crippen molar-refractivity contribution in [1.82, 2.24) is 0 Å². The Balaban J connectivity index is 1.58. The van der Waals surface area contributed by atoms with Crippen LogP contribution in [0.3, 0.4) is 0 Å². The summed E-state index contributed by atoms with van der Waals surface area (Å²) in [4.78, 5) is 48.9. The number of carbonyl (C=O) groups is 4. The van der Waals surface area contributed by atoms with Crippen molar-refractivity contribution in [2.45, 2.75) is 137 Å². The third-order valence-electron chi connectivity index (χ3n) is 12.4. The van der Waals surface area contributed by atoms with Gasteiger partial charge in [0.05, 0.1) is 37.9 Å². The Morgan fingerprint density at radius 3 is 1.90 bits per heavy atom. The lowest BCUT2D eigenvalue weighted by Crippen LogP contribution is -2.70. The Morgan fingerprint density at radius 2 is 1.36 bits per heavy atom. The fourth-order valence-electron chi connectivity index (χ4n) is 8.99. The predicted molar refractivity (Wildman–Crippen MR) is 231 cm³/mol. The van der Waals surface area contributed by atoms with Crippen LogP contribution >= 0.6 is 0 Å². The SMILES string of the molecule is COC[C@@H](OC)/C(=C\OCOC(C(OC(C)=O)C(O)CO[C@@H]1C(C(=O)O)[C@]2(OC)O[C@@H](O[C@@H]3C(CO)O[C@H](OC)[C@@H](O)C3O)C(OC)C12)[C@@H](O)COC(C)=O)O[C@H]1OC(COC(C)=O)[C@@H](OC)C(OC)[C@@H]1N. The molecule has 72 heavy (non-hydrogen) atoms. The molecule has 1 saturated carbocycles. The van der Waals surface area contributed by atoms with Crippen LogP contribution < -0.4 is 5.73 Å². The molecule has 0 amide bonds. The zero-order valence-electron chi connectivity index (χ0n) is 41.6. The molecule has 3 aliphatic heterocycles. The monoisotopic (exact) mass is 1050 g/mol. The largest absolute Gasteiger partial charge is 0.481 e. The van der Waals surface area contributed by atoms with Gasteiger partial charge in [0.25, 0.3) is 0 Å². The van der Waals surface area contributed by atoms with Crippen molar-refractivity contribution in [2.75, 3.05) is 89.6 Å². The first-order valence-electron chi connectivity index (χ1n) is 22.5. The lowest BCUT2D eigenvalue weighted by Gasteiger charge is -2.53. The first kappa shape index (κ1) is 61.0. The maximum absolute atomic E-state index is 12.9. The van der Waals surface area contributed by atoms with Gasteiger partial charge in [0.1, 0.15) is 98.6 Å². The molecule has 3 heterocycles. The number of carbonyl (C=O) groups excluding carboxylic acids is 3. The van der Waals surface area contributed by atoms with Crippen LogP contribution in [0, 0.1) is 11.8 Å². The van der Waals surface area contributed by atoms with Gasteiger partial charge in [-0.3, -0.25) is 19.2 Å². The number of hydrogen-bond acceptors (Lipinski definition) is 28. The van der Waals surface area contributed by atoms with Crippen molar-refractivity contribution < 1.29 is 135 Å². The second-order valence-electron chi connectivity index (χ2n) is 16.9. The van der Waals surface area contributed by atoms with Crippen molar-refractivity contribution in [2.24, 2.45) is 17.6 Å². The van der Waals surface area contributed by atoms with Gasteiger partial charge in [-0.1, -0.05) is 0 Å². The summed E-state index contributed by atoms with van der Waals surface area (Å²) in [7, 11) is 9.11. The van der Waals surface area contributed by atoms with E-state index >= 15 is 0 Å². The van der Waals surface area contributed by atoms with E-state index in [1.165, 1.54) is 49.6 Å². The Hall–Kier alpha value is -3.54. The van der Waals surface area contributed by atoms with E-state index in [0.29, 0.717) is 0 Å². The maximum atomic E-state index is 12.9. The molecule has 8 N–H and O–H groups in total. The van der Waals surface area contributed by atoms with Crippen LogP contribution in [0.5, 0.6) is 0 Å². The minimum atomic E-state index is -2.01. The molecule has 4 aliphatic rings. The molecule has 0 aromatic carbocycles. The van der Waals surface area contributed by atoms with Gasteiger partial charge >= 0.3 is 23.9 Å². The number of carboxylic acids is 1. The number of nitrogens with two attached hydrogens (primary N) is 1. The molecule has 0 aromatic rings. The number of aliphatic carboxylic acids is 1. The highest BCUT2D eigenvalue weighted by Gasteiger charge is 2.77. The number of rotatable bonds is 30. The quantitative estimate of drug-likeness (QED) is 0.0117. The van der Waals surface area contributed by atoms with Crippen LogP contribution in [0.15, 0.2) is 12.0 Å². The number of ether oxygens (including phenoxy) is 18. The standard InChI is InChI=1S/C43H71NO28/c1-18(46)63-12-21(49)32(66-17-62-15-25(24(56-5)14-55-4)69-40-29(44)38(59-8)35(57-6)26(70-40)16-64-19(2)47)33(67-20(3)48)22(50)13-65-36-27-37(58-7)42(72-43(27,61-10)28(36)39(53)54)71-34-23(11-45)68-41(60-9)31(52)30(34)51/h15,21-24,26-38,40-42,45,49-52H,11-14,16-17,44H2,1-10H3,(H,53,54)/b25-15+/t21-,22?,23?,24+,26?,27?,28?,29-,30?,31-,32?,33?,34+,35+,36-,37?,38?,40-,41-,42+,43+/m0/s1. The number of hydrogen-bond donors (Lipinski definition) is 7. The summed E-state index contributed by atoms with van der Waals surface area (Å²) in [6, 6.07) is -1.01. The van der Waals surface area contributed by atoms with E-state index in [9.17, 15) is 49.8 Å². The lowest BCUT2D eigenvalue weighted by atomic mass is 9.64. The third kappa shape index (κ3) is 14.2. The molecule has 0 radical (unpaired) electrons. The topological polar surface area (TPSA) is 382 Å². The first-order chi connectivity index (χ1) is 34.2. The lowest BCUT2D eigenvalue weighted by molar-refractivity contribution is -0.374. The number of aliphatic hydroxyl groups is 5. The van der Waals surface area contributed by atoms with Crippen molar-refractivity contribution in [3.05, 3.63) is 12.0 Å². The van der Waals surface area contributed by atoms with Crippen LogP contribution in [0.4, 0.5) is 0 Å². The molecule has 4 rings (SSSR count). The Bertz CT molecular complexity index is 1740. The second-order valence-corrected chi connectivity index (χ2v) is 16.9. The molecule has 10 unspecified atom stereocenters. The maximum Gasteiger partial charge on any atom is 0.314 e. The van der Waals surface area contributed by atoms with Crippen LogP contribution in [-0.4, -0.2) is 260 Å². The molecule has 29 heteroatoms. The van der Waals surface area contributed by atoms with E-state index in [1.54, 1.807) is 0 Å². The minimum absolute atomic E-state index is 0.0883. The smallest absolute Gasteiger partial charge is 0.314 e. The fraction of sp³-hybridized carbons (Fsp3) is 0.860. The molecule has 0 bridgehead atoms. The molecule has 4 fully saturated rings. The van der Waals surface area contributed by atoms with Crippen LogP contribution in [-0.2, 0) is 104 Å². The first-order valence-corrected chi connectivity index (χ1v) is 22.5. The van der Waals surface area contributed by atoms with Crippen LogP contribution in [0.25, 0.3) is 0 Å². The van der Waals surface area contributed by atoms with Crippen molar-refractivity contribution in [1.29, 1.82) is 0 Å². The fourth-order valence-corrected chi connectivity index (χ4v) is 8.99. The number of esters is 3. The molecule has 1 aliphatic carbocycles. The normalized spacial score (nSPS) is 35.7. The zero-order valence-corrected chi connectivity index (χ0v) is 41.6. The van der Waals surface area contributed by atoms with Gasteiger partial charge in [-0.05, 0) is 0 Å². The van der Waals surface area contributed by atoms with E-state index in [1.807, 2.05) is 0 Å². The van der Waals surface area contributed by atoms with Crippen LogP contribution in [0.2, 0.25) is 0 Å². The van der Waals surface area contributed by atoms with Crippen LogP contribution in [0.1, 0.15) is 20.8 Å². The van der Waals surface area contributed by atoms with E-state index in [4.69, 9.17) is 91.0 Å². The number of carboxylic acid groups (broad SMARTS) is 1. The summed E-state index contributed by atoms with van der Waals surface area (Å²) in [6.07, 6.45) is -22.8. The van der Waals surface area contributed by atoms with E-state index < -0.39 is 178 Å². The summed E-state index contributed by atoms with van der Waals surface area (Å²) in [5, 5.41) is 65.1. The molecule has 416 valence electrons. The van der Waals surface area contributed by atoms with Gasteiger partial charge in [0, 0.05) is 70.5 Å². The molecule has 3 saturated heterocycles. The molecule has 0 aromatic heterocycles. The number of aliphatic hydroxyl groups excluding tert-OH is 5. The highest BCUT2D eigenvalue weighted by Crippen LogP contribution is 2.58. The molecule has 0 spiro atoms. The predicted octanol–water partition coefficient (Wildman–Crippen LogP) is -4.37. The van der Waals surface area contributed by atoms with Gasteiger partial charge in [0.2, 0.25) is 6.29 Å². The Labute approximate surface area is 414 Å². The van der Waals surface area contributed by atoms with Crippen molar-refractivity contribution in [3.63, 3.8) is 0 Å². The summed E-state index contributed by atoms with van der Waals surface area (Å²) >= 11 is 0. The average Bonchev–Trinajstić information content (AvgIpc) is 3.60. The third-order valence-corrected chi connectivity index (χ3v) is 12.4. The minimum Gasteiger partial charge on any atom is -0.481 e. The summed E-state index contributed by atoms with van der Waals surface area (Å²) < 4.78 is 101. The van der Waals surface area contributed by atoms with Gasteiger partial charge in [-0.15, -0.1) is 0 Å². The van der Waals surface area contributed by atoms with Gasteiger partial charge in [-0.2, -0.15) is 0 Å². The molecular formula is C43H71NO28. The summed E-state index contributed by atoms with van der Waals surface area (Å²) in [6.45, 7) is -0.182. The number of methoxy groups -OCH3 is 7. The molecular weight excluding hydrogens is 978 g/mol. The van der Waals surface area contributed by atoms with E-state index in [2.05, 4.69) is 0 Å². The number of fused-ring (bicyclic) bond motifs is 1. The van der Waals surface area contributed by atoms with E-state index in [0.717, 1.165) is 27.2 Å². The van der Waals surface area contributed by atoms with Crippen molar-refractivity contribution in [3.8, 4) is 0 Å². The Kier molecular flexibility index (Phi) is 24.1. The average molecular weight is 1050 g/mol.